The van der Waals surface area contributed by atoms with E-state index in [0.717, 1.165) is 5.69 Å². The summed E-state index contributed by atoms with van der Waals surface area (Å²) in [6, 6.07) is 12.0. The molecule has 1 aliphatic carbocycles. The monoisotopic (exact) mass is 528 g/mol. The third kappa shape index (κ3) is 5.04. The second-order valence-corrected chi connectivity index (χ2v) is 13.3. The van der Waals surface area contributed by atoms with Gasteiger partial charge in [-0.1, -0.05) is 55.5 Å². The van der Waals surface area contributed by atoms with Crippen LogP contribution in [0.25, 0.3) is 10.9 Å². The molecule has 1 aromatic heterocycles. The van der Waals surface area contributed by atoms with Gasteiger partial charge in [-0.3, -0.25) is 0 Å². The van der Waals surface area contributed by atoms with Crippen molar-refractivity contribution in [2.75, 3.05) is 31.0 Å². The maximum absolute atomic E-state index is 14.3. The molecule has 0 spiro atoms. The van der Waals surface area contributed by atoms with Gasteiger partial charge in [0.1, 0.15) is 18.8 Å². The van der Waals surface area contributed by atoms with E-state index < -0.39 is 36.3 Å². The van der Waals surface area contributed by atoms with Gasteiger partial charge >= 0.3 is 6.18 Å². The first-order valence-electron chi connectivity index (χ1n) is 12.1. The van der Waals surface area contributed by atoms with E-state index in [4.69, 9.17) is 0 Å². The molecule has 2 unspecified atom stereocenters. The van der Waals surface area contributed by atoms with Crippen molar-refractivity contribution in [2.45, 2.75) is 38.4 Å². The van der Waals surface area contributed by atoms with Gasteiger partial charge in [-0.25, -0.2) is 9.97 Å². The molecule has 0 bridgehead atoms. The van der Waals surface area contributed by atoms with E-state index in [2.05, 4.69) is 20.6 Å². The average Bonchev–Trinajstić information content (AvgIpc) is 2.82. The lowest BCUT2D eigenvalue weighted by Crippen LogP contribution is -2.46. The minimum Gasteiger partial charge on any atom is -0.387 e. The number of hydrogen-bond acceptors (Lipinski definition) is 5. The molecular weight excluding hydrogens is 496 g/mol. The number of allylic oxidation sites excluding steroid dienone is 3. The maximum atomic E-state index is 14.3. The van der Waals surface area contributed by atoms with Crippen LogP contribution in [0.1, 0.15) is 25.2 Å². The summed E-state index contributed by atoms with van der Waals surface area (Å²) in [5.74, 6) is 0.481. The van der Waals surface area contributed by atoms with Crippen LogP contribution in [-0.2, 0) is 9.98 Å². The normalized spacial score (nSPS) is 21.0. The molecule has 2 N–H and O–H groups in total. The molecule has 3 aromatic rings. The highest BCUT2D eigenvalue weighted by atomic mass is 31.2. The van der Waals surface area contributed by atoms with Crippen molar-refractivity contribution >= 4 is 34.9 Å². The van der Waals surface area contributed by atoms with Crippen molar-refractivity contribution in [1.82, 2.24) is 9.97 Å². The van der Waals surface area contributed by atoms with Crippen molar-refractivity contribution in [3.05, 3.63) is 77.7 Å². The van der Waals surface area contributed by atoms with Crippen LogP contribution >= 0.6 is 7.14 Å². The molecule has 37 heavy (non-hydrogen) atoms. The summed E-state index contributed by atoms with van der Waals surface area (Å²) in [6.07, 6.45) is -0.00613. The highest BCUT2D eigenvalue weighted by Crippen LogP contribution is 2.50. The highest BCUT2D eigenvalue weighted by molar-refractivity contribution is 7.70. The van der Waals surface area contributed by atoms with Crippen molar-refractivity contribution < 1.29 is 17.7 Å². The molecule has 0 amide bonds. The number of aryl methyl sites for hydroxylation is 1. The molecule has 9 heteroatoms. The Morgan fingerprint density at radius 2 is 1.78 bits per heavy atom. The number of benzene rings is 2. The number of alkyl halides is 3. The van der Waals surface area contributed by atoms with Crippen molar-refractivity contribution in [1.29, 1.82) is 0 Å². The smallest absolute Gasteiger partial charge is 0.387 e. The molecule has 1 heterocycles. The van der Waals surface area contributed by atoms with Crippen LogP contribution in [0.3, 0.4) is 0 Å². The van der Waals surface area contributed by atoms with E-state index in [1.54, 1.807) is 64.6 Å². The zero-order valence-corrected chi connectivity index (χ0v) is 22.7. The van der Waals surface area contributed by atoms with E-state index in [9.17, 15) is 17.7 Å². The molecule has 0 aliphatic heterocycles. The van der Waals surface area contributed by atoms with Crippen LogP contribution in [0.2, 0.25) is 0 Å². The highest BCUT2D eigenvalue weighted by Gasteiger charge is 2.52. The fraction of sp³-hybridized carbons (Fsp3) is 0.357. The molecule has 196 valence electrons. The Bertz CT molecular complexity index is 1430. The van der Waals surface area contributed by atoms with Crippen LogP contribution in [-0.4, -0.2) is 42.6 Å². The summed E-state index contributed by atoms with van der Waals surface area (Å²) in [6.45, 7) is 8.68. The minimum atomic E-state index is -4.49. The number of nitrogens with zero attached hydrogens (tertiary/aromatic N) is 2. The number of anilines is 2. The van der Waals surface area contributed by atoms with Gasteiger partial charge < -0.3 is 15.2 Å². The van der Waals surface area contributed by atoms with Crippen molar-refractivity contribution in [2.24, 2.45) is 5.92 Å². The van der Waals surface area contributed by atoms with Gasteiger partial charge in [0.05, 0.1) is 5.52 Å². The Morgan fingerprint density at radius 3 is 2.38 bits per heavy atom. The van der Waals surface area contributed by atoms with Gasteiger partial charge in [0.25, 0.3) is 0 Å². The molecule has 0 radical (unpaired) electrons. The van der Waals surface area contributed by atoms with Gasteiger partial charge in [0, 0.05) is 46.4 Å². The average molecular weight is 529 g/mol. The number of aromatic nitrogens is 2. The predicted octanol–water partition coefficient (Wildman–Crippen LogP) is 6.66. The Morgan fingerprint density at radius 1 is 1.11 bits per heavy atom. The summed E-state index contributed by atoms with van der Waals surface area (Å²) in [5, 5.41) is 7.84. The first-order chi connectivity index (χ1) is 17.3. The Kier molecular flexibility index (Phi) is 7.02. The van der Waals surface area contributed by atoms with Crippen molar-refractivity contribution in [3.63, 3.8) is 0 Å². The fourth-order valence-corrected chi connectivity index (χ4v) is 6.54. The molecule has 0 fully saturated rings. The molecule has 2 aromatic carbocycles. The molecule has 1 aliphatic rings. The fourth-order valence-electron chi connectivity index (χ4n) is 5.35. The molecular formula is C28H32F3N4OP. The third-order valence-corrected chi connectivity index (χ3v) is 8.69. The summed E-state index contributed by atoms with van der Waals surface area (Å²) < 4.78 is 55.9. The van der Waals surface area contributed by atoms with Gasteiger partial charge in [0.15, 0.2) is 0 Å². The van der Waals surface area contributed by atoms with Crippen LogP contribution < -0.4 is 15.9 Å². The summed E-state index contributed by atoms with van der Waals surface area (Å²) in [7, 11) is -0.881. The number of hydrogen-bond donors (Lipinski definition) is 2. The standard InChI is InChI=1S/C28H32F3N4OP/c1-17(21-13-10-14-25(28(29,30)31)27(21,3)19-11-8-7-9-12-19)33-26-20-15-24(37(5,6)36)23(32-4)16-22(20)34-18(2)35-26/h7-17,21,32H,1-6H3,(H,33,34,35)/t17-,21?,27?/m1/s1. The number of rotatable bonds is 6. The number of nitrogens with one attached hydrogen (secondary N) is 2. The van der Waals surface area contributed by atoms with E-state index >= 15 is 0 Å². The van der Waals surface area contributed by atoms with E-state index in [-0.39, 0.29) is 0 Å². The van der Waals surface area contributed by atoms with E-state index in [0.29, 0.717) is 33.4 Å². The minimum absolute atomic E-state index is 0.438. The van der Waals surface area contributed by atoms with Gasteiger partial charge in [-0.05, 0) is 44.9 Å². The van der Waals surface area contributed by atoms with Gasteiger partial charge in [-0.2, -0.15) is 13.2 Å². The number of halogens is 3. The topological polar surface area (TPSA) is 66.9 Å². The number of fused-ring (bicyclic) bond motifs is 1. The zero-order valence-electron chi connectivity index (χ0n) is 21.8. The van der Waals surface area contributed by atoms with Crippen LogP contribution in [0, 0.1) is 12.8 Å². The Labute approximate surface area is 215 Å². The summed E-state index contributed by atoms with van der Waals surface area (Å²) in [4.78, 5) is 9.17. The summed E-state index contributed by atoms with van der Waals surface area (Å²) >= 11 is 0. The molecule has 0 saturated carbocycles. The molecule has 3 atom stereocenters. The van der Waals surface area contributed by atoms with Crippen LogP contribution in [0.4, 0.5) is 24.7 Å². The second kappa shape index (κ2) is 9.64. The SMILES string of the molecule is CNc1cc2nc(C)nc(N[C@H](C)C3C=CC=C(C(F)(F)F)C3(C)c3ccccc3)c2cc1P(C)(C)=O. The quantitative estimate of drug-likeness (QED) is 0.350. The van der Waals surface area contributed by atoms with Crippen molar-refractivity contribution in [3.8, 4) is 0 Å². The zero-order chi connectivity index (χ0) is 27.2. The predicted molar refractivity (Wildman–Crippen MR) is 147 cm³/mol. The molecule has 4 rings (SSSR count). The first-order valence-corrected chi connectivity index (χ1v) is 14.7. The Hall–Kier alpha value is -3.12. The van der Waals surface area contributed by atoms with Gasteiger partial charge in [-0.15, -0.1) is 0 Å². The van der Waals surface area contributed by atoms with Crippen LogP contribution in [0.15, 0.2) is 66.3 Å². The first kappa shape index (κ1) is 26.9. The molecule has 0 saturated heterocycles. The van der Waals surface area contributed by atoms with E-state index in [1.165, 1.54) is 12.2 Å². The lowest BCUT2D eigenvalue weighted by molar-refractivity contribution is -0.103. The maximum Gasteiger partial charge on any atom is 0.413 e. The van der Waals surface area contributed by atoms with Crippen LogP contribution in [0.5, 0.6) is 0 Å². The van der Waals surface area contributed by atoms with Gasteiger partial charge in [0.2, 0.25) is 0 Å². The largest absolute Gasteiger partial charge is 0.413 e. The Balaban J connectivity index is 1.83. The lowest BCUT2D eigenvalue weighted by Gasteiger charge is -2.44. The molecule has 5 nitrogen and oxygen atoms in total. The van der Waals surface area contributed by atoms with E-state index in [1.807, 2.05) is 25.1 Å². The lowest BCUT2D eigenvalue weighted by atomic mass is 9.62. The summed E-state index contributed by atoms with van der Waals surface area (Å²) in [5.41, 5.74) is 0.0550. The third-order valence-electron chi connectivity index (χ3n) is 7.16. The second-order valence-electron chi connectivity index (χ2n) is 10.1.